The van der Waals surface area contributed by atoms with E-state index in [1.807, 2.05) is 0 Å². The van der Waals surface area contributed by atoms with Gasteiger partial charge in [0, 0.05) is 10.9 Å². The topological polar surface area (TPSA) is 59.1 Å². The molecule has 1 aromatic carbocycles. The number of nitrogens with two attached hydrogens (primary N) is 1. The number of rotatable bonds is 3. The molecule has 3 nitrogen and oxygen atoms in total. The van der Waals surface area contributed by atoms with Crippen LogP contribution in [-0.4, -0.2) is 22.6 Å². The first-order valence-electron chi connectivity index (χ1n) is 5.25. The number of hydrogen-bond acceptors (Lipinski definition) is 3. The van der Waals surface area contributed by atoms with Gasteiger partial charge in [-0.2, -0.15) is 0 Å². The summed E-state index contributed by atoms with van der Waals surface area (Å²) in [7, 11) is 0. The van der Waals surface area contributed by atoms with Crippen LogP contribution in [0.25, 0.3) is 10.9 Å². The van der Waals surface area contributed by atoms with Gasteiger partial charge in [0.15, 0.2) is 0 Å². The van der Waals surface area contributed by atoms with E-state index in [0.717, 1.165) is 0 Å². The number of aliphatic hydroxyl groups is 1. The van der Waals surface area contributed by atoms with Crippen LogP contribution in [0.2, 0.25) is 5.15 Å². The summed E-state index contributed by atoms with van der Waals surface area (Å²) in [6.07, 6.45) is 0. The van der Waals surface area contributed by atoms with Gasteiger partial charge in [0.05, 0.1) is 11.6 Å². The van der Waals surface area contributed by atoms with Gasteiger partial charge in [0.2, 0.25) is 0 Å². The van der Waals surface area contributed by atoms with E-state index in [9.17, 15) is 8.78 Å². The van der Waals surface area contributed by atoms with E-state index in [0.29, 0.717) is 10.9 Å². The Hall–Kier alpha value is -1.01. The molecule has 2 aromatic rings. The molecule has 0 saturated carbocycles. The zero-order valence-electron chi connectivity index (χ0n) is 9.69. The summed E-state index contributed by atoms with van der Waals surface area (Å²) < 4.78 is 26.7. The van der Waals surface area contributed by atoms with E-state index in [1.165, 1.54) is 6.07 Å². The van der Waals surface area contributed by atoms with Crippen LogP contribution >= 0.6 is 24.0 Å². The summed E-state index contributed by atoms with van der Waals surface area (Å²) in [4.78, 5) is 4.01. The van der Waals surface area contributed by atoms with Gasteiger partial charge in [-0.15, -0.1) is 12.4 Å². The van der Waals surface area contributed by atoms with Crippen molar-refractivity contribution in [2.24, 2.45) is 5.73 Å². The fourth-order valence-corrected chi connectivity index (χ4v) is 1.92. The Morgan fingerprint density at radius 3 is 2.63 bits per heavy atom. The number of aromatic nitrogens is 1. The number of fused-ring (bicyclic) bond motifs is 1. The van der Waals surface area contributed by atoms with Crippen molar-refractivity contribution in [3.8, 4) is 0 Å². The molecule has 7 heteroatoms. The van der Waals surface area contributed by atoms with E-state index >= 15 is 0 Å². The SMILES string of the molecule is Cl.N[C@@H](c1cc2ccccc2nc1Cl)C(F)(F)CO. The minimum Gasteiger partial charge on any atom is -0.390 e. The molecule has 1 aromatic heterocycles. The number of hydrogen-bond donors (Lipinski definition) is 2. The third-order valence-electron chi connectivity index (χ3n) is 2.71. The number of alkyl halides is 2. The fourth-order valence-electron chi connectivity index (χ4n) is 1.65. The highest BCUT2D eigenvalue weighted by atomic mass is 35.5. The summed E-state index contributed by atoms with van der Waals surface area (Å²) in [5, 5.41) is 9.23. The molecule has 2 rings (SSSR count). The average molecular weight is 309 g/mol. The normalized spacial score (nSPS) is 13.1. The molecule has 104 valence electrons. The molecule has 19 heavy (non-hydrogen) atoms. The van der Waals surface area contributed by atoms with Crippen molar-refractivity contribution in [2.45, 2.75) is 12.0 Å². The van der Waals surface area contributed by atoms with Crippen LogP contribution in [0.3, 0.4) is 0 Å². The maximum absolute atomic E-state index is 13.4. The van der Waals surface area contributed by atoms with Gasteiger partial charge in [-0.1, -0.05) is 29.8 Å². The highest BCUT2D eigenvalue weighted by Crippen LogP contribution is 2.33. The molecule has 0 aliphatic heterocycles. The highest BCUT2D eigenvalue weighted by Gasteiger charge is 2.38. The van der Waals surface area contributed by atoms with Crippen LogP contribution in [0, 0.1) is 0 Å². The maximum atomic E-state index is 13.4. The van der Waals surface area contributed by atoms with Gasteiger partial charge in [-0.3, -0.25) is 0 Å². The molecular formula is C12H12Cl2F2N2O. The van der Waals surface area contributed by atoms with Gasteiger partial charge in [0.1, 0.15) is 11.8 Å². The van der Waals surface area contributed by atoms with Crippen molar-refractivity contribution >= 4 is 34.9 Å². The number of nitrogens with zero attached hydrogens (tertiary/aromatic N) is 1. The summed E-state index contributed by atoms with van der Waals surface area (Å²) in [6.45, 7) is -1.34. The van der Waals surface area contributed by atoms with Crippen molar-refractivity contribution < 1.29 is 13.9 Å². The number of benzene rings is 1. The van der Waals surface area contributed by atoms with Crippen molar-refractivity contribution in [3.05, 3.63) is 41.0 Å². The molecule has 0 aliphatic carbocycles. The zero-order chi connectivity index (χ0) is 13.3. The lowest BCUT2D eigenvalue weighted by Crippen LogP contribution is -2.36. The highest BCUT2D eigenvalue weighted by molar-refractivity contribution is 6.30. The van der Waals surface area contributed by atoms with E-state index in [2.05, 4.69) is 4.98 Å². The minimum absolute atomic E-state index is 0. The number of pyridine rings is 1. The summed E-state index contributed by atoms with van der Waals surface area (Å²) in [6, 6.07) is 6.77. The van der Waals surface area contributed by atoms with Crippen molar-refractivity contribution in [1.29, 1.82) is 0 Å². The molecule has 3 N–H and O–H groups in total. The molecule has 0 spiro atoms. The molecule has 0 saturated heterocycles. The molecule has 0 radical (unpaired) electrons. The van der Waals surface area contributed by atoms with Crippen LogP contribution < -0.4 is 5.73 Å². The summed E-state index contributed by atoms with van der Waals surface area (Å²) in [5.74, 6) is -3.44. The predicted octanol–water partition coefficient (Wildman–Crippen LogP) is 2.94. The average Bonchev–Trinajstić information content (AvgIpc) is 2.37. The molecule has 0 bridgehead atoms. The van der Waals surface area contributed by atoms with Crippen LogP contribution in [0.5, 0.6) is 0 Å². The van der Waals surface area contributed by atoms with Crippen LogP contribution in [0.4, 0.5) is 8.78 Å². The quantitative estimate of drug-likeness (QED) is 0.857. The molecule has 0 fully saturated rings. The Morgan fingerprint density at radius 1 is 1.37 bits per heavy atom. The first-order chi connectivity index (χ1) is 8.45. The second-order valence-corrected chi connectivity index (χ2v) is 4.32. The third kappa shape index (κ3) is 3.12. The van der Waals surface area contributed by atoms with Gasteiger partial charge < -0.3 is 10.8 Å². The Bertz CT molecular complexity index is 581. The van der Waals surface area contributed by atoms with Gasteiger partial charge >= 0.3 is 0 Å². The largest absolute Gasteiger partial charge is 0.390 e. The first-order valence-corrected chi connectivity index (χ1v) is 5.63. The van der Waals surface area contributed by atoms with Crippen molar-refractivity contribution in [3.63, 3.8) is 0 Å². The minimum atomic E-state index is -3.44. The molecule has 1 atom stereocenters. The molecule has 1 heterocycles. The van der Waals surface area contributed by atoms with E-state index in [1.54, 1.807) is 24.3 Å². The predicted molar refractivity (Wildman–Crippen MR) is 73.0 cm³/mol. The van der Waals surface area contributed by atoms with E-state index in [-0.39, 0.29) is 23.1 Å². The van der Waals surface area contributed by atoms with Gasteiger partial charge in [-0.05, 0) is 12.1 Å². The van der Waals surface area contributed by atoms with Gasteiger partial charge in [0.25, 0.3) is 5.92 Å². The van der Waals surface area contributed by atoms with Crippen molar-refractivity contribution in [2.75, 3.05) is 6.61 Å². The lowest BCUT2D eigenvalue weighted by molar-refractivity contribution is -0.0711. The van der Waals surface area contributed by atoms with Crippen LogP contribution in [0.1, 0.15) is 11.6 Å². The second-order valence-electron chi connectivity index (χ2n) is 3.96. The number of halogens is 4. The molecular weight excluding hydrogens is 297 g/mol. The Balaban J connectivity index is 0.00000180. The van der Waals surface area contributed by atoms with E-state index in [4.69, 9.17) is 22.4 Å². The standard InChI is InChI=1S/C12H11ClF2N2O.ClH/c13-11-8(10(16)12(14,15)6-18)5-7-3-1-2-4-9(7)17-11;/h1-5,10,18H,6,16H2;1H/t10-;/m0./s1. The Labute approximate surface area is 119 Å². The summed E-state index contributed by atoms with van der Waals surface area (Å²) in [5.41, 5.74) is 6.07. The molecule has 0 amide bonds. The lowest BCUT2D eigenvalue weighted by Gasteiger charge is -2.22. The monoisotopic (exact) mass is 308 g/mol. The second kappa shape index (κ2) is 5.96. The third-order valence-corrected chi connectivity index (χ3v) is 3.01. The smallest absolute Gasteiger partial charge is 0.289 e. The van der Waals surface area contributed by atoms with E-state index < -0.39 is 18.6 Å². The maximum Gasteiger partial charge on any atom is 0.289 e. The summed E-state index contributed by atoms with van der Waals surface area (Å²) >= 11 is 5.86. The number of para-hydroxylation sites is 1. The first kappa shape index (κ1) is 16.0. The van der Waals surface area contributed by atoms with Crippen LogP contribution in [-0.2, 0) is 0 Å². The fraction of sp³-hybridized carbons (Fsp3) is 0.250. The Kier molecular flexibility index (Phi) is 5.04. The Morgan fingerprint density at radius 2 is 2.00 bits per heavy atom. The van der Waals surface area contributed by atoms with Crippen molar-refractivity contribution in [1.82, 2.24) is 4.98 Å². The number of aliphatic hydroxyl groups excluding tert-OH is 1. The molecule has 0 aliphatic rings. The molecule has 0 unspecified atom stereocenters. The zero-order valence-corrected chi connectivity index (χ0v) is 11.3. The van der Waals surface area contributed by atoms with Crippen LogP contribution in [0.15, 0.2) is 30.3 Å². The lowest BCUT2D eigenvalue weighted by atomic mass is 10.0. The van der Waals surface area contributed by atoms with Gasteiger partial charge in [-0.25, -0.2) is 13.8 Å².